The minimum absolute atomic E-state index is 0.0374. The van der Waals surface area contributed by atoms with Crippen molar-refractivity contribution in [3.05, 3.63) is 48.3 Å². The maximum Gasteiger partial charge on any atom is 0.335 e. The van der Waals surface area contributed by atoms with Crippen LogP contribution in [0.1, 0.15) is 25.3 Å². The van der Waals surface area contributed by atoms with Gasteiger partial charge in [0.05, 0.1) is 24.6 Å². The van der Waals surface area contributed by atoms with Crippen molar-refractivity contribution in [1.29, 1.82) is 0 Å². The summed E-state index contributed by atoms with van der Waals surface area (Å²) >= 11 is 0. The van der Waals surface area contributed by atoms with Crippen molar-refractivity contribution < 1.29 is 23.8 Å². The molecule has 1 fully saturated rings. The Labute approximate surface area is 163 Å². The lowest BCUT2D eigenvalue weighted by Crippen LogP contribution is -2.32. The fourth-order valence-corrected chi connectivity index (χ4v) is 2.77. The first kappa shape index (κ1) is 20.0. The molecule has 2 unspecified atom stereocenters. The summed E-state index contributed by atoms with van der Waals surface area (Å²) in [5, 5.41) is 6.97. The molecule has 150 valence electrons. The van der Waals surface area contributed by atoms with Crippen LogP contribution < -0.4 is 5.32 Å². The van der Waals surface area contributed by atoms with Gasteiger partial charge in [0.1, 0.15) is 0 Å². The lowest BCUT2D eigenvalue weighted by Gasteiger charge is -2.15. The zero-order valence-corrected chi connectivity index (χ0v) is 15.9. The number of esters is 1. The third-order valence-corrected chi connectivity index (χ3v) is 4.38. The number of carbonyl (C=O) groups excluding carboxylic acids is 2. The van der Waals surface area contributed by atoms with E-state index in [0.717, 1.165) is 30.7 Å². The molecule has 1 aromatic heterocycles. The Morgan fingerprint density at radius 1 is 1.36 bits per heavy atom. The Bertz CT molecular complexity index is 771. The average Bonchev–Trinajstić information content (AvgIpc) is 3.41. The van der Waals surface area contributed by atoms with Crippen LogP contribution in [0.5, 0.6) is 0 Å². The third kappa shape index (κ3) is 5.90. The first-order chi connectivity index (χ1) is 13.6. The molecule has 1 aliphatic heterocycles. The van der Waals surface area contributed by atoms with Crippen LogP contribution >= 0.6 is 0 Å². The molecule has 1 N–H and O–H groups in total. The monoisotopic (exact) mass is 387 g/mol. The Balaban J connectivity index is 1.35. The van der Waals surface area contributed by atoms with Crippen molar-refractivity contribution >= 4 is 11.9 Å². The van der Waals surface area contributed by atoms with Gasteiger partial charge in [-0.1, -0.05) is 18.2 Å². The summed E-state index contributed by atoms with van der Waals surface area (Å²) in [6, 6.07) is 9.67. The van der Waals surface area contributed by atoms with Crippen LogP contribution in [0.4, 0.5) is 0 Å². The summed E-state index contributed by atoms with van der Waals surface area (Å²) in [5.74, 6) is -0.947. The molecule has 1 aromatic carbocycles. The number of aromatic nitrogens is 2. The fourth-order valence-electron chi connectivity index (χ4n) is 2.77. The number of para-hydroxylation sites is 1. The number of amides is 1. The zero-order valence-electron chi connectivity index (χ0n) is 15.9. The van der Waals surface area contributed by atoms with Gasteiger partial charge in [0.25, 0.3) is 5.91 Å². The van der Waals surface area contributed by atoms with E-state index >= 15 is 0 Å². The topological polar surface area (TPSA) is 91.7 Å². The zero-order chi connectivity index (χ0) is 19.8. The van der Waals surface area contributed by atoms with E-state index in [-0.39, 0.29) is 18.6 Å². The summed E-state index contributed by atoms with van der Waals surface area (Å²) in [4.78, 5) is 23.8. The summed E-state index contributed by atoms with van der Waals surface area (Å²) in [6.45, 7) is 2.64. The van der Waals surface area contributed by atoms with E-state index in [1.807, 2.05) is 36.5 Å². The molecule has 2 aromatic rings. The van der Waals surface area contributed by atoms with Crippen LogP contribution in [0.15, 0.2) is 42.7 Å². The molecule has 1 amide bonds. The van der Waals surface area contributed by atoms with E-state index in [1.54, 1.807) is 17.8 Å². The van der Waals surface area contributed by atoms with Crippen LogP contribution in [0.2, 0.25) is 0 Å². The maximum atomic E-state index is 11.9. The molecular formula is C20H25N3O5. The van der Waals surface area contributed by atoms with Crippen molar-refractivity contribution in [2.24, 2.45) is 0 Å². The number of rotatable bonds is 9. The minimum Gasteiger partial charge on any atom is -0.454 e. The molecule has 1 saturated heterocycles. The van der Waals surface area contributed by atoms with Crippen molar-refractivity contribution in [1.82, 2.24) is 15.1 Å². The molecule has 8 heteroatoms. The lowest BCUT2D eigenvalue weighted by molar-refractivity contribution is -0.160. The maximum absolute atomic E-state index is 11.9. The first-order valence-electron chi connectivity index (χ1n) is 9.37. The predicted molar refractivity (Wildman–Crippen MR) is 101 cm³/mol. The largest absolute Gasteiger partial charge is 0.454 e. The van der Waals surface area contributed by atoms with Gasteiger partial charge in [0.2, 0.25) is 0 Å². The molecule has 8 nitrogen and oxygen atoms in total. The molecule has 0 radical (unpaired) electrons. The Kier molecular flexibility index (Phi) is 7.16. The van der Waals surface area contributed by atoms with E-state index in [1.165, 1.54) is 0 Å². The summed E-state index contributed by atoms with van der Waals surface area (Å²) in [5.41, 5.74) is 1.78. The van der Waals surface area contributed by atoms with Crippen LogP contribution in [-0.2, 0) is 30.3 Å². The van der Waals surface area contributed by atoms with Crippen molar-refractivity contribution in [2.75, 3.05) is 19.8 Å². The quantitative estimate of drug-likeness (QED) is 0.658. The molecule has 1 aliphatic rings. The Hall–Kier alpha value is -2.71. The number of carbonyl (C=O) groups is 2. The van der Waals surface area contributed by atoms with Crippen LogP contribution in [-0.4, -0.2) is 53.7 Å². The van der Waals surface area contributed by atoms with Crippen LogP contribution in [0, 0.1) is 0 Å². The summed E-state index contributed by atoms with van der Waals surface area (Å²) in [7, 11) is 0. The number of hydrogen-bond donors (Lipinski definition) is 1. The average molecular weight is 387 g/mol. The van der Waals surface area contributed by atoms with E-state index in [0.29, 0.717) is 13.2 Å². The molecule has 0 saturated carbocycles. The van der Waals surface area contributed by atoms with Gasteiger partial charge in [-0.3, -0.25) is 4.79 Å². The number of benzene rings is 1. The predicted octanol–water partition coefficient (Wildman–Crippen LogP) is 1.62. The molecule has 2 heterocycles. The summed E-state index contributed by atoms with van der Waals surface area (Å²) < 4.78 is 17.6. The molecular weight excluding hydrogens is 362 g/mol. The number of nitrogens with one attached hydrogen (secondary N) is 1. The van der Waals surface area contributed by atoms with Gasteiger partial charge in [-0.15, -0.1) is 0 Å². The SMILES string of the molecule is CC(OCC1CCCO1)C(=O)OCC(=O)NCc1cnn(-c2ccccc2)c1. The van der Waals surface area contributed by atoms with E-state index in [2.05, 4.69) is 10.4 Å². The molecule has 28 heavy (non-hydrogen) atoms. The van der Waals surface area contributed by atoms with Gasteiger partial charge < -0.3 is 19.5 Å². The van der Waals surface area contributed by atoms with Gasteiger partial charge in [0.15, 0.2) is 12.7 Å². The fraction of sp³-hybridized carbons (Fsp3) is 0.450. The smallest absolute Gasteiger partial charge is 0.335 e. The molecule has 0 aliphatic carbocycles. The standard InChI is InChI=1S/C20H25N3O5/c1-15(27-13-18-8-5-9-26-18)20(25)28-14-19(24)21-10-16-11-22-23(12-16)17-6-3-2-4-7-17/h2-4,6-7,11-12,15,18H,5,8-10,13-14H2,1H3,(H,21,24). The third-order valence-electron chi connectivity index (χ3n) is 4.38. The Morgan fingerprint density at radius 2 is 2.18 bits per heavy atom. The van der Waals surface area contributed by atoms with E-state index < -0.39 is 12.1 Å². The highest BCUT2D eigenvalue weighted by Crippen LogP contribution is 2.13. The van der Waals surface area contributed by atoms with Crippen molar-refractivity contribution in [3.8, 4) is 5.69 Å². The second kappa shape index (κ2) is 10.0. The van der Waals surface area contributed by atoms with Crippen LogP contribution in [0.25, 0.3) is 5.69 Å². The summed E-state index contributed by atoms with van der Waals surface area (Å²) in [6.07, 6.45) is 4.77. The molecule has 0 spiro atoms. The highest BCUT2D eigenvalue weighted by Gasteiger charge is 2.21. The molecule has 3 rings (SSSR count). The highest BCUT2D eigenvalue weighted by molar-refractivity contribution is 5.81. The second-order valence-corrected chi connectivity index (χ2v) is 6.62. The van der Waals surface area contributed by atoms with Gasteiger partial charge in [-0.05, 0) is 31.9 Å². The molecule has 2 atom stereocenters. The second-order valence-electron chi connectivity index (χ2n) is 6.62. The normalized spacial score (nSPS) is 17.2. The minimum atomic E-state index is -0.735. The highest BCUT2D eigenvalue weighted by atomic mass is 16.6. The van der Waals surface area contributed by atoms with Gasteiger partial charge in [-0.2, -0.15) is 5.10 Å². The van der Waals surface area contributed by atoms with Gasteiger partial charge >= 0.3 is 5.97 Å². The lowest BCUT2D eigenvalue weighted by atomic mass is 10.2. The van der Waals surface area contributed by atoms with E-state index in [9.17, 15) is 9.59 Å². The van der Waals surface area contributed by atoms with Crippen molar-refractivity contribution in [2.45, 2.75) is 38.5 Å². The number of ether oxygens (including phenoxy) is 3. The van der Waals surface area contributed by atoms with Crippen LogP contribution in [0.3, 0.4) is 0 Å². The van der Waals surface area contributed by atoms with Gasteiger partial charge in [0, 0.05) is 24.9 Å². The van der Waals surface area contributed by atoms with Crippen molar-refractivity contribution in [3.63, 3.8) is 0 Å². The first-order valence-corrected chi connectivity index (χ1v) is 9.37. The number of nitrogens with zero attached hydrogens (tertiary/aromatic N) is 2. The van der Waals surface area contributed by atoms with Gasteiger partial charge in [-0.25, -0.2) is 9.48 Å². The van der Waals surface area contributed by atoms with E-state index in [4.69, 9.17) is 14.2 Å². The number of hydrogen-bond acceptors (Lipinski definition) is 6. The molecule has 0 bridgehead atoms. The Morgan fingerprint density at radius 3 is 2.93 bits per heavy atom.